The molecule has 0 spiro atoms. The van der Waals surface area contributed by atoms with Gasteiger partial charge in [-0.05, 0) is 33.9 Å². The Kier molecular flexibility index (Phi) is 4.71. The van der Waals surface area contributed by atoms with Crippen LogP contribution in [0.1, 0.15) is 26.7 Å². The van der Waals surface area contributed by atoms with Crippen LogP contribution in [0, 0.1) is 0 Å². The van der Waals surface area contributed by atoms with E-state index < -0.39 is 5.97 Å². The molecule has 0 aromatic carbocycles. The lowest BCUT2D eigenvalue weighted by atomic mass is 9.98. The summed E-state index contributed by atoms with van der Waals surface area (Å²) in [4.78, 5) is 15.4. The fourth-order valence-corrected chi connectivity index (χ4v) is 2.33. The van der Waals surface area contributed by atoms with Crippen LogP contribution in [0.3, 0.4) is 0 Å². The predicted octanol–water partition coefficient (Wildman–Crippen LogP) is 1.43. The van der Waals surface area contributed by atoms with Crippen LogP contribution in [-0.4, -0.2) is 59.1 Å². The summed E-state index contributed by atoms with van der Waals surface area (Å²) in [5.74, 6) is -0.722. The lowest BCUT2D eigenvalue weighted by Gasteiger charge is -2.37. The van der Waals surface area contributed by atoms with E-state index in [1.54, 1.807) is 0 Å². The van der Waals surface area contributed by atoms with Gasteiger partial charge in [-0.25, -0.2) is 0 Å². The summed E-state index contributed by atoms with van der Waals surface area (Å²) in [6.07, 6.45) is 3.15. The average molecular weight is 240 g/mol. The molecule has 17 heavy (non-hydrogen) atoms. The maximum Gasteiger partial charge on any atom is 0.304 e. The molecule has 0 aromatic heterocycles. The summed E-state index contributed by atoms with van der Waals surface area (Å²) < 4.78 is 0. The molecule has 0 radical (unpaired) electrons. The van der Waals surface area contributed by atoms with Crippen LogP contribution in [-0.2, 0) is 4.79 Å². The third kappa shape index (κ3) is 3.82. The van der Waals surface area contributed by atoms with Crippen molar-refractivity contribution >= 4 is 5.97 Å². The second kappa shape index (κ2) is 5.65. The van der Waals surface area contributed by atoms with Crippen LogP contribution in [0.15, 0.2) is 12.7 Å². The molecule has 1 rings (SSSR count). The van der Waals surface area contributed by atoms with Crippen LogP contribution in [0.4, 0.5) is 0 Å². The van der Waals surface area contributed by atoms with E-state index in [0.717, 1.165) is 26.1 Å². The van der Waals surface area contributed by atoms with Crippen molar-refractivity contribution in [2.24, 2.45) is 0 Å². The Morgan fingerprint density at radius 2 is 2.24 bits per heavy atom. The first-order valence-corrected chi connectivity index (χ1v) is 6.15. The zero-order valence-corrected chi connectivity index (χ0v) is 11.1. The summed E-state index contributed by atoms with van der Waals surface area (Å²) >= 11 is 0. The van der Waals surface area contributed by atoms with E-state index in [9.17, 15) is 4.79 Å². The molecule has 0 aromatic rings. The van der Waals surface area contributed by atoms with Crippen molar-refractivity contribution in [1.82, 2.24) is 9.80 Å². The number of rotatable bonds is 4. The molecule has 1 heterocycles. The predicted molar refractivity (Wildman–Crippen MR) is 69.1 cm³/mol. The minimum atomic E-state index is -0.722. The largest absolute Gasteiger partial charge is 0.481 e. The summed E-state index contributed by atoms with van der Waals surface area (Å²) in [5, 5.41) is 8.96. The van der Waals surface area contributed by atoms with Gasteiger partial charge in [0, 0.05) is 24.7 Å². The Balaban J connectivity index is 2.80. The van der Waals surface area contributed by atoms with Crippen LogP contribution in [0.25, 0.3) is 0 Å². The Labute approximate surface area is 104 Å². The Morgan fingerprint density at radius 1 is 1.59 bits per heavy atom. The van der Waals surface area contributed by atoms with E-state index in [1.807, 2.05) is 13.1 Å². The van der Waals surface area contributed by atoms with Gasteiger partial charge in [0.15, 0.2) is 0 Å². The monoisotopic (exact) mass is 240 g/mol. The summed E-state index contributed by atoms with van der Waals surface area (Å²) in [5.41, 5.74) is 0.107. The number of aliphatic carboxylic acids is 1. The molecule has 0 saturated carbocycles. The van der Waals surface area contributed by atoms with Crippen molar-refractivity contribution in [3.05, 3.63) is 12.7 Å². The lowest BCUT2D eigenvalue weighted by molar-refractivity contribution is -0.138. The number of likely N-dealkylation sites (N-methyl/N-ethyl adjacent to an activating group) is 1. The minimum absolute atomic E-state index is 0.0919. The van der Waals surface area contributed by atoms with Gasteiger partial charge in [0.25, 0.3) is 0 Å². The molecule has 4 heteroatoms. The van der Waals surface area contributed by atoms with Gasteiger partial charge in [0.1, 0.15) is 0 Å². The van der Waals surface area contributed by atoms with Crippen molar-refractivity contribution < 1.29 is 9.90 Å². The first kappa shape index (κ1) is 14.2. The maximum atomic E-state index is 10.9. The highest BCUT2D eigenvalue weighted by Crippen LogP contribution is 2.25. The molecule has 1 aliphatic heterocycles. The van der Waals surface area contributed by atoms with Gasteiger partial charge in [-0.15, -0.1) is 6.58 Å². The molecule has 1 atom stereocenters. The van der Waals surface area contributed by atoms with Gasteiger partial charge >= 0.3 is 5.97 Å². The topological polar surface area (TPSA) is 43.8 Å². The molecule has 1 aliphatic rings. The average Bonchev–Trinajstić information content (AvgIpc) is 2.31. The summed E-state index contributed by atoms with van der Waals surface area (Å²) in [6.45, 7) is 10.8. The van der Waals surface area contributed by atoms with Crippen LogP contribution < -0.4 is 0 Å². The van der Waals surface area contributed by atoms with Crippen molar-refractivity contribution in [3.63, 3.8) is 0 Å². The maximum absolute atomic E-state index is 10.9. The first-order chi connectivity index (χ1) is 7.86. The molecular formula is C13H24N2O2. The van der Waals surface area contributed by atoms with Gasteiger partial charge in [-0.3, -0.25) is 9.69 Å². The van der Waals surface area contributed by atoms with Crippen molar-refractivity contribution in [1.29, 1.82) is 0 Å². The quantitative estimate of drug-likeness (QED) is 0.755. The standard InChI is InChI=1S/C13H24N2O2/c1-5-7-15-10-11(9-12(16)17)14(4)8-6-13(15,2)3/h5,11H,1,6-10H2,2-4H3,(H,16,17). The lowest BCUT2D eigenvalue weighted by Crippen LogP contribution is -2.47. The van der Waals surface area contributed by atoms with E-state index in [-0.39, 0.29) is 18.0 Å². The zero-order chi connectivity index (χ0) is 13.1. The molecule has 1 fully saturated rings. The van der Waals surface area contributed by atoms with Crippen LogP contribution in [0.5, 0.6) is 0 Å². The molecular weight excluding hydrogens is 216 g/mol. The Hall–Kier alpha value is -0.870. The Bertz CT molecular complexity index is 289. The number of hydrogen-bond donors (Lipinski definition) is 1. The fraction of sp³-hybridized carbons (Fsp3) is 0.769. The third-order valence-electron chi connectivity index (χ3n) is 3.75. The summed E-state index contributed by atoms with van der Waals surface area (Å²) in [7, 11) is 2.01. The normalized spacial score (nSPS) is 26.4. The zero-order valence-electron chi connectivity index (χ0n) is 11.1. The first-order valence-electron chi connectivity index (χ1n) is 6.15. The van der Waals surface area contributed by atoms with E-state index in [0.29, 0.717) is 0 Å². The van der Waals surface area contributed by atoms with Crippen molar-refractivity contribution in [2.75, 3.05) is 26.7 Å². The second-order valence-corrected chi connectivity index (χ2v) is 5.49. The SMILES string of the molecule is C=CCN1CC(CC(=O)O)N(C)CCC1(C)C. The van der Waals surface area contributed by atoms with Crippen LogP contribution >= 0.6 is 0 Å². The number of nitrogens with zero attached hydrogens (tertiary/aromatic N) is 2. The van der Waals surface area contributed by atoms with Gasteiger partial charge in [0.2, 0.25) is 0 Å². The van der Waals surface area contributed by atoms with E-state index >= 15 is 0 Å². The van der Waals surface area contributed by atoms with E-state index in [4.69, 9.17) is 5.11 Å². The molecule has 1 saturated heterocycles. The van der Waals surface area contributed by atoms with E-state index in [1.165, 1.54) is 0 Å². The smallest absolute Gasteiger partial charge is 0.304 e. The number of carboxylic acids is 1. The Morgan fingerprint density at radius 3 is 2.76 bits per heavy atom. The van der Waals surface area contributed by atoms with Gasteiger partial charge < -0.3 is 10.0 Å². The van der Waals surface area contributed by atoms with E-state index in [2.05, 4.69) is 30.2 Å². The van der Waals surface area contributed by atoms with Crippen molar-refractivity contribution in [2.45, 2.75) is 38.3 Å². The highest BCUT2D eigenvalue weighted by Gasteiger charge is 2.33. The molecule has 98 valence electrons. The van der Waals surface area contributed by atoms with Crippen LogP contribution in [0.2, 0.25) is 0 Å². The minimum Gasteiger partial charge on any atom is -0.481 e. The van der Waals surface area contributed by atoms with Crippen molar-refractivity contribution in [3.8, 4) is 0 Å². The highest BCUT2D eigenvalue weighted by molar-refractivity contribution is 5.67. The second-order valence-electron chi connectivity index (χ2n) is 5.49. The van der Waals surface area contributed by atoms with Gasteiger partial charge in [-0.2, -0.15) is 0 Å². The molecule has 1 unspecified atom stereocenters. The number of carbonyl (C=O) groups is 1. The molecule has 0 amide bonds. The molecule has 0 aliphatic carbocycles. The summed E-state index contributed by atoms with van der Waals surface area (Å²) in [6, 6.07) is 0.0919. The number of carboxylic acid groups (broad SMARTS) is 1. The van der Waals surface area contributed by atoms with Gasteiger partial charge in [0.05, 0.1) is 6.42 Å². The third-order valence-corrected chi connectivity index (χ3v) is 3.75. The highest BCUT2D eigenvalue weighted by atomic mass is 16.4. The van der Waals surface area contributed by atoms with Gasteiger partial charge in [-0.1, -0.05) is 6.08 Å². The fourth-order valence-electron chi connectivity index (χ4n) is 2.33. The molecule has 0 bridgehead atoms. The molecule has 1 N–H and O–H groups in total. The number of hydrogen-bond acceptors (Lipinski definition) is 3. The molecule has 4 nitrogen and oxygen atoms in total.